The second-order valence-electron chi connectivity index (χ2n) is 9.22. The summed E-state index contributed by atoms with van der Waals surface area (Å²) in [6.45, 7) is 11.9. The first kappa shape index (κ1) is 20.4. The van der Waals surface area contributed by atoms with E-state index in [9.17, 15) is 0 Å². The summed E-state index contributed by atoms with van der Waals surface area (Å²) in [5.74, 6) is 1.39. The van der Waals surface area contributed by atoms with Crippen LogP contribution in [0.4, 0.5) is 0 Å². The largest absolute Gasteiger partial charge is 0.299 e. The standard InChI is InChI=1S/C27H30N2Si/c1-20(2)24-18-23(30(3,4)5)19-25(21-12-8-6-9-13-21)26(24)29-17-16-28-27(29)22-14-10-7-11-15-22/h6-20H,1-5H3. The molecule has 30 heavy (non-hydrogen) atoms. The molecule has 0 atom stereocenters. The Morgan fingerprint density at radius 2 is 1.40 bits per heavy atom. The predicted octanol–water partition coefficient (Wildman–Crippen LogP) is 6.87. The minimum absolute atomic E-state index is 0.407. The first-order valence-corrected chi connectivity index (χ1v) is 14.2. The van der Waals surface area contributed by atoms with E-state index in [-0.39, 0.29) is 0 Å². The van der Waals surface area contributed by atoms with Crippen molar-refractivity contribution in [2.45, 2.75) is 39.4 Å². The van der Waals surface area contributed by atoms with E-state index >= 15 is 0 Å². The molecule has 0 bridgehead atoms. The van der Waals surface area contributed by atoms with Crippen LogP contribution in [0, 0.1) is 0 Å². The summed E-state index contributed by atoms with van der Waals surface area (Å²) in [6, 6.07) is 26.1. The zero-order valence-corrected chi connectivity index (χ0v) is 19.6. The van der Waals surface area contributed by atoms with E-state index in [4.69, 9.17) is 4.98 Å². The lowest BCUT2D eigenvalue weighted by Gasteiger charge is -2.26. The van der Waals surface area contributed by atoms with Crippen LogP contribution in [0.25, 0.3) is 28.2 Å². The Hall–Kier alpha value is -2.91. The Morgan fingerprint density at radius 3 is 1.97 bits per heavy atom. The van der Waals surface area contributed by atoms with Crippen molar-refractivity contribution in [3.05, 3.63) is 90.8 Å². The molecule has 152 valence electrons. The van der Waals surface area contributed by atoms with Crippen molar-refractivity contribution >= 4 is 13.3 Å². The SMILES string of the molecule is CC(C)c1cc([Si](C)(C)C)cc(-c2ccccc2)c1-n1ccnc1-c1ccccc1. The highest BCUT2D eigenvalue weighted by Gasteiger charge is 2.24. The normalized spacial score (nSPS) is 11.8. The lowest BCUT2D eigenvalue weighted by Crippen LogP contribution is -2.38. The molecule has 0 N–H and O–H groups in total. The smallest absolute Gasteiger partial charge is 0.144 e. The number of imidazole rings is 1. The van der Waals surface area contributed by atoms with Gasteiger partial charge >= 0.3 is 0 Å². The maximum absolute atomic E-state index is 4.74. The molecule has 3 aromatic carbocycles. The summed E-state index contributed by atoms with van der Waals surface area (Å²) in [4.78, 5) is 4.74. The summed E-state index contributed by atoms with van der Waals surface area (Å²) >= 11 is 0. The van der Waals surface area contributed by atoms with Gasteiger partial charge in [-0.3, -0.25) is 4.57 Å². The number of nitrogens with zero attached hydrogens (tertiary/aromatic N) is 2. The van der Waals surface area contributed by atoms with Crippen molar-refractivity contribution in [2.24, 2.45) is 0 Å². The van der Waals surface area contributed by atoms with Gasteiger partial charge in [0, 0.05) is 23.5 Å². The summed E-state index contributed by atoms with van der Waals surface area (Å²) < 4.78 is 2.28. The minimum atomic E-state index is -1.49. The van der Waals surface area contributed by atoms with Gasteiger partial charge in [-0.25, -0.2) is 4.98 Å². The number of benzene rings is 3. The number of rotatable bonds is 5. The average molecular weight is 411 g/mol. The van der Waals surface area contributed by atoms with E-state index in [1.165, 1.54) is 27.6 Å². The molecule has 0 fully saturated rings. The molecule has 4 aromatic rings. The van der Waals surface area contributed by atoms with Gasteiger partial charge in [0.25, 0.3) is 0 Å². The Labute approximate surface area is 181 Å². The van der Waals surface area contributed by atoms with Crippen LogP contribution < -0.4 is 5.19 Å². The van der Waals surface area contributed by atoms with E-state index in [1.54, 1.807) is 0 Å². The molecule has 0 unspecified atom stereocenters. The molecule has 0 radical (unpaired) electrons. The van der Waals surface area contributed by atoms with Gasteiger partial charge in [0.05, 0.1) is 13.8 Å². The third kappa shape index (κ3) is 3.90. The Bertz CT molecular complexity index is 1140. The molecule has 4 rings (SSSR count). The quantitative estimate of drug-likeness (QED) is 0.328. The lowest BCUT2D eigenvalue weighted by atomic mass is 9.93. The topological polar surface area (TPSA) is 17.8 Å². The van der Waals surface area contributed by atoms with Gasteiger partial charge in [-0.2, -0.15) is 0 Å². The fraction of sp³-hybridized carbons (Fsp3) is 0.222. The average Bonchev–Trinajstić information content (AvgIpc) is 3.23. The van der Waals surface area contributed by atoms with Gasteiger partial charge in [-0.05, 0) is 17.0 Å². The predicted molar refractivity (Wildman–Crippen MR) is 132 cm³/mol. The van der Waals surface area contributed by atoms with E-state index in [1.807, 2.05) is 6.20 Å². The molecule has 0 spiro atoms. The fourth-order valence-corrected chi connectivity index (χ4v) is 5.09. The highest BCUT2D eigenvalue weighted by atomic mass is 28.3. The molecule has 0 aliphatic carbocycles. The molecule has 3 heteroatoms. The molecular formula is C27H30N2Si. The summed E-state index contributed by atoms with van der Waals surface area (Å²) in [6.07, 6.45) is 4.01. The van der Waals surface area contributed by atoms with E-state index in [2.05, 4.69) is 117 Å². The van der Waals surface area contributed by atoms with Crippen LogP contribution in [0.3, 0.4) is 0 Å². The highest BCUT2D eigenvalue weighted by Crippen LogP contribution is 2.35. The van der Waals surface area contributed by atoms with Crippen LogP contribution in [-0.2, 0) is 0 Å². The molecule has 0 aliphatic heterocycles. The van der Waals surface area contributed by atoms with Gasteiger partial charge in [0.15, 0.2) is 0 Å². The molecule has 0 saturated heterocycles. The molecular weight excluding hydrogens is 380 g/mol. The second kappa shape index (κ2) is 8.08. The summed E-state index contributed by atoms with van der Waals surface area (Å²) in [7, 11) is -1.49. The monoisotopic (exact) mass is 410 g/mol. The van der Waals surface area contributed by atoms with Crippen LogP contribution in [0.2, 0.25) is 19.6 Å². The third-order valence-corrected chi connectivity index (χ3v) is 7.65. The van der Waals surface area contributed by atoms with Crippen LogP contribution >= 0.6 is 0 Å². The molecule has 1 heterocycles. The van der Waals surface area contributed by atoms with E-state index < -0.39 is 8.07 Å². The maximum Gasteiger partial charge on any atom is 0.144 e. The van der Waals surface area contributed by atoms with Gasteiger partial charge < -0.3 is 0 Å². The number of hydrogen-bond donors (Lipinski definition) is 0. The molecule has 0 amide bonds. The van der Waals surface area contributed by atoms with E-state index in [0.717, 1.165) is 11.4 Å². The van der Waals surface area contributed by atoms with Gasteiger partial charge in [0.2, 0.25) is 0 Å². The lowest BCUT2D eigenvalue weighted by molar-refractivity contribution is 0.849. The Balaban J connectivity index is 2.06. The number of aromatic nitrogens is 2. The second-order valence-corrected chi connectivity index (χ2v) is 14.3. The van der Waals surface area contributed by atoms with Crippen molar-refractivity contribution in [2.75, 3.05) is 0 Å². The number of hydrogen-bond acceptors (Lipinski definition) is 1. The molecule has 1 aromatic heterocycles. The Kier molecular flexibility index (Phi) is 5.48. The minimum Gasteiger partial charge on any atom is -0.299 e. The summed E-state index contributed by atoms with van der Waals surface area (Å²) in [5.41, 5.74) is 6.29. The fourth-order valence-electron chi connectivity index (χ4n) is 3.92. The van der Waals surface area contributed by atoms with Crippen molar-refractivity contribution in [1.29, 1.82) is 0 Å². The molecule has 2 nitrogen and oxygen atoms in total. The van der Waals surface area contributed by atoms with Crippen molar-refractivity contribution in [3.8, 4) is 28.2 Å². The van der Waals surface area contributed by atoms with Crippen LogP contribution in [-0.4, -0.2) is 17.6 Å². The van der Waals surface area contributed by atoms with Crippen LogP contribution in [0.15, 0.2) is 85.2 Å². The van der Waals surface area contributed by atoms with Crippen LogP contribution in [0.5, 0.6) is 0 Å². The van der Waals surface area contributed by atoms with Crippen LogP contribution in [0.1, 0.15) is 25.3 Å². The van der Waals surface area contributed by atoms with Gasteiger partial charge in [-0.15, -0.1) is 0 Å². The third-order valence-electron chi connectivity index (χ3n) is 5.63. The van der Waals surface area contributed by atoms with Crippen molar-refractivity contribution in [1.82, 2.24) is 9.55 Å². The van der Waals surface area contributed by atoms with Crippen molar-refractivity contribution < 1.29 is 0 Å². The highest BCUT2D eigenvalue weighted by molar-refractivity contribution is 6.88. The first-order valence-electron chi connectivity index (χ1n) is 10.7. The van der Waals surface area contributed by atoms with Crippen molar-refractivity contribution in [3.63, 3.8) is 0 Å². The zero-order valence-electron chi connectivity index (χ0n) is 18.6. The first-order chi connectivity index (χ1) is 14.4. The zero-order chi connectivity index (χ0) is 21.3. The van der Waals surface area contributed by atoms with Gasteiger partial charge in [0.1, 0.15) is 5.82 Å². The van der Waals surface area contributed by atoms with Gasteiger partial charge in [-0.1, -0.05) is 111 Å². The molecule has 0 aliphatic rings. The Morgan fingerprint density at radius 1 is 0.800 bits per heavy atom. The van der Waals surface area contributed by atoms with E-state index in [0.29, 0.717) is 5.92 Å². The molecule has 0 saturated carbocycles. The summed E-state index contributed by atoms with van der Waals surface area (Å²) in [5, 5.41) is 1.50. The maximum atomic E-state index is 4.74.